The zero-order valence-electron chi connectivity index (χ0n) is 11.4. The molecule has 0 atom stereocenters. The van der Waals surface area contributed by atoms with E-state index in [-0.39, 0.29) is 0 Å². The maximum Gasteiger partial charge on any atom is 0.142 e. The molecule has 0 unspecified atom stereocenters. The van der Waals surface area contributed by atoms with E-state index >= 15 is 0 Å². The average molecular weight is 267 g/mol. The number of para-hydroxylation sites is 2. The summed E-state index contributed by atoms with van der Waals surface area (Å²) in [5, 5.41) is 3.37. The molecule has 2 heterocycles. The number of benzene rings is 1. The van der Waals surface area contributed by atoms with Crippen LogP contribution in [0.3, 0.4) is 0 Å². The van der Waals surface area contributed by atoms with Crippen LogP contribution in [-0.2, 0) is 6.54 Å². The Bertz CT molecular complexity index is 673. The Balaban J connectivity index is 1.76. The molecule has 1 N–H and O–H groups in total. The van der Waals surface area contributed by atoms with E-state index in [2.05, 4.69) is 10.3 Å². The third kappa shape index (κ3) is 2.59. The summed E-state index contributed by atoms with van der Waals surface area (Å²) in [7, 11) is 0. The molecule has 4 heteroatoms. The van der Waals surface area contributed by atoms with Crippen molar-refractivity contribution in [1.29, 1.82) is 0 Å². The number of imidazole rings is 1. The number of nitrogens with one attached hydrogen (secondary N) is 1. The van der Waals surface area contributed by atoms with Gasteiger partial charge >= 0.3 is 0 Å². The van der Waals surface area contributed by atoms with E-state index in [1.807, 2.05) is 66.2 Å². The van der Waals surface area contributed by atoms with Crippen molar-refractivity contribution < 1.29 is 4.74 Å². The summed E-state index contributed by atoms with van der Waals surface area (Å²) in [6, 6.07) is 13.9. The fourth-order valence-electron chi connectivity index (χ4n) is 2.15. The summed E-state index contributed by atoms with van der Waals surface area (Å²) in [6.07, 6.45) is 4.03. The third-order valence-electron chi connectivity index (χ3n) is 3.06. The van der Waals surface area contributed by atoms with Crippen molar-refractivity contribution in [1.82, 2.24) is 9.38 Å². The minimum atomic E-state index is 0.660. The van der Waals surface area contributed by atoms with Crippen LogP contribution in [0, 0.1) is 0 Å². The Hall–Kier alpha value is -2.49. The van der Waals surface area contributed by atoms with Gasteiger partial charge in [0.2, 0.25) is 0 Å². The van der Waals surface area contributed by atoms with Crippen molar-refractivity contribution in [2.75, 3.05) is 11.9 Å². The van der Waals surface area contributed by atoms with Gasteiger partial charge in [0.05, 0.1) is 24.5 Å². The van der Waals surface area contributed by atoms with Crippen molar-refractivity contribution in [3.05, 3.63) is 60.6 Å². The largest absolute Gasteiger partial charge is 0.492 e. The van der Waals surface area contributed by atoms with Crippen LogP contribution in [0.4, 0.5) is 5.69 Å². The molecule has 0 spiro atoms. The number of hydrogen-bond acceptors (Lipinski definition) is 3. The van der Waals surface area contributed by atoms with Crippen molar-refractivity contribution in [2.45, 2.75) is 13.5 Å². The summed E-state index contributed by atoms with van der Waals surface area (Å²) < 4.78 is 7.62. The maximum absolute atomic E-state index is 5.60. The van der Waals surface area contributed by atoms with Crippen LogP contribution in [0.5, 0.6) is 5.75 Å². The highest BCUT2D eigenvalue weighted by atomic mass is 16.5. The number of aromatic nitrogens is 2. The van der Waals surface area contributed by atoms with Gasteiger partial charge in [0.1, 0.15) is 11.4 Å². The van der Waals surface area contributed by atoms with Crippen LogP contribution in [0.1, 0.15) is 12.6 Å². The normalized spacial score (nSPS) is 10.7. The molecule has 0 bridgehead atoms. The minimum Gasteiger partial charge on any atom is -0.492 e. The van der Waals surface area contributed by atoms with Crippen LogP contribution in [-0.4, -0.2) is 16.0 Å². The van der Waals surface area contributed by atoms with Crippen LogP contribution in [0.15, 0.2) is 54.9 Å². The first kappa shape index (κ1) is 12.5. The quantitative estimate of drug-likeness (QED) is 0.770. The van der Waals surface area contributed by atoms with E-state index in [4.69, 9.17) is 4.74 Å². The van der Waals surface area contributed by atoms with Gasteiger partial charge in [-0.3, -0.25) is 0 Å². The van der Waals surface area contributed by atoms with Crippen LogP contribution >= 0.6 is 0 Å². The summed E-state index contributed by atoms with van der Waals surface area (Å²) in [5.41, 5.74) is 2.95. The molecule has 3 aromatic rings. The highest BCUT2D eigenvalue weighted by Crippen LogP contribution is 2.24. The molecular formula is C16H17N3O. The number of nitrogens with zero attached hydrogens (tertiary/aromatic N) is 2. The maximum atomic E-state index is 5.60. The molecule has 0 aliphatic rings. The van der Waals surface area contributed by atoms with Crippen molar-refractivity contribution in [2.24, 2.45) is 0 Å². The van der Waals surface area contributed by atoms with E-state index in [1.54, 1.807) is 0 Å². The number of hydrogen-bond donors (Lipinski definition) is 1. The Labute approximate surface area is 118 Å². The molecule has 1 aromatic carbocycles. The fourth-order valence-corrected chi connectivity index (χ4v) is 2.15. The first-order valence-corrected chi connectivity index (χ1v) is 6.75. The Morgan fingerprint density at radius 2 is 2.00 bits per heavy atom. The van der Waals surface area contributed by atoms with Crippen LogP contribution < -0.4 is 10.1 Å². The Morgan fingerprint density at radius 1 is 1.15 bits per heavy atom. The summed E-state index contributed by atoms with van der Waals surface area (Å²) in [4.78, 5) is 4.56. The lowest BCUT2D eigenvalue weighted by atomic mass is 10.3. The minimum absolute atomic E-state index is 0.660. The zero-order chi connectivity index (χ0) is 13.8. The van der Waals surface area contributed by atoms with Gasteiger partial charge in [-0.2, -0.15) is 0 Å². The second kappa shape index (κ2) is 5.65. The molecule has 4 nitrogen and oxygen atoms in total. The molecule has 0 amide bonds. The van der Waals surface area contributed by atoms with Gasteiger partial charge in [-0.25, -0.2) is 4.98 Å². The molecule has 0 aliphatic carbocycles. The van der Waals surface area contributed by atoms with Gasteiger partial charge < -0.3 is 14.5 Å². The topological polar surface area (TPSA) is 38.6 Å². The standard InChI is InChI=1S/C16H17N3O/c1-2-20-15-8-4-3-7-14(15)17-11-13-12-19-10-6-5-9-16(19)18-13/h3-10,12,17H,2,11H2,1H3. The summed E-state index contributed by atoms with van der Waals surface area (Å²) in [6.45, 7) is 3.32. The Kier molecular flexibility index (Phi) is 3.54. The monoisotopic (exact) mass is 267 g/mol. The van der Waals surface area contributed by atoms with Crippen molar-refractivity contribution >= 4 is 11.3 Å². The number of anilines is 1. The third-order valence-corrected chi connectivity index (χ3v) is 3.06. The van der Waals surface area contributed by atoms with Gasteiger partial charge in [0, 0.05) is 12.4 Å². The molecule has 3 rings (SSSR count). The van der Waals surface area contributed by atoms with E-state index < -0.39 is 0 Å². The number of fused-ring (bicyclic) bond motifs is 1. The predicted molar refractivity (Wildman–Crippen MR) is 80.1 cm³/mol. The molecule has 0 aliphatic heterocycles. The molecule has 0 fully saturated rings. The SMILES string of the molecule is CCOc1ccccc1NCc1cn2ccccc2n1. The first-order chi connectivity index (χ1) is 9.86. The fraction of sp³-hybridized carbons (Fsp3) is 0.188. The zero-order valence-corrected chi connectivity index (χ0v) is 11.4. The molecule has 102 valence electrons. The average Bonchev–Trinajstić information content (AvgIpc) is 2.89. The van der Waals surface area contributed by atoms with Crippen LogP contribution in [0.2, 0.25) is 0 Å². The van der Waals surface area contributed by atoms with Gasteiger partial charge in [-0.1, -0.05) is 18.2 Å². The molecule has 20 heavy (non-hydrogen) atoms. The van der Waals surface area contributed by atoms with Crippen molar-refractivity contribution in [3.8, 4) is 5.75 Å². The van der Waals surface area contributed by atoms with Crippen LogP contribution in [0.25, 0.3) is 5.65 Å². The van der Waals surface area contributed by atoms with Gasteiger partial charge in [0.15, 0.2) is 0 Å². The summed E-state index contributed by atoms with van der Waals surface area (Å²) >= 11 is 0. The summed E-state index contributed by atoms with van der Waals surface area (Å²) in [5.74, 6) is 0.874. The van der Waals surface area contributed by atoms with E-state index in [0.717, 1.165) is 22.8 Å². The predicted octanol–water partition coefficient (Wildman–Crippen LogP) is 3.35. The van der Waals surface area contributed by atoms with Crippen molar-refractivity contribution in [3.63, 3.8) is 0 Å². The molecule has 0 saturated carbocycles. The Morgan fingerprint density at radius 3 is 2.85 bits per heavy atom. The highest BCUT2D eigenvalue weighted by molar-refractivity contribution is 5.56. The lowest BCUT2D eigenvalue weighted by Gasteiger charge is -2.10. The van der Waals surface area contributed by atoms with E-state index in [9.17, 15) is 0 Å². The molecule has 0 saturated heterocycles. The van der Waals surface area contributed by atoms with Gasteiger partial charge in [-0.05, 0) is 31.2 Å². The lowest BCUT2D eigenvalue weighted by Crippen LogP contribution is -2.02. The highest BCUT2D eigenvalue weighted by Gasteiger charge is 2.04. The van der Waals surface area contributed by atoms with E-state index in [0.29, 0.717) is 13.2 Å². The second-order valence-electron chi connectivity index (χ2n) is 4.48. The smallest absolute Gasteiger partial charge is 0.142 e. The molecule has 0 radical (unpaired) electrons. The number of rotatable bonds is 5. The van der Waals surface area contributed by atoms with E-state index in [1.165, 1.54) is 0 Å². The molecular weight excluding hydrogens is 250 g/mol. The first-order valence-electron chi connectivity index (χ1n) is 6.75. The second-order valence-corrected chi connectivity index (χ2v) is 4.48. The number of ether oxygens (including phenoxy) is 1. The molecule has 2 aromatic heterocycles. The van der Waals surface area contributed by atoms with Gasteiger partial charge in [0.25, 0.3) is 0 Å². The van der Waals surface area contributed by atoms with Gasteiger partial charge in [-0.15, -0.1) is 0 Å². The lowest BCUT2D eigenvalue weighted by molar-refractivity contribution is 0.341. The number of pyridine rings is 1.